The minimum absolute atomic E-state index is 0.0143. The Morgan fingerprint density at radius 1 is 0.774 bits per heavy atom. The average molecular weight is 461 g/mol. The second-order valence-corrected chi connectivity index (χ2v) is 9.96. The molecule has 0 saturated carbocycles. The summed E-state index contributed by atoms with van der Waals surface area (Å²) in [5.74, 6) is -0.132. The molecule has 2 aromatic carbocycles. The van der Waals surface area contributed by atoms with Crippen molar-refractivity contribution in [1.29, 1.82) is 0 Å². The molecule has 0 saturated heterocycles. The predicted octanol–water partition coefficient (Wildman–Crippen LogP) is 6.70. The lowest BCUT2D eigenvalue weighted by molar-refractivity contribution is -0.137. The topological polar surface area (TPSA) is 74.6 Å². The summed E-state index contributed by atoms with van der Waals surface area (Å²) in [5, 5.41) is 18.0. The van der Waals surface area contributed by atoms with E-state index in [1.807, 2.05) is 36.0 Å². The van der Waals surface area contributed by atoms with E-state index in [-0.39, 0.29) is 18.1 Å². The predicted molar refractivity (Wildman–Crippen MR) is 130 cm³/mol. The number of hydrogen-bond acceptors (Lipinski definition) is 4. The van der Waals surface area contributed by atoms with Gasteiger partial charge < -0.3 is 10.2 Å². The molecule has 0 aromatic heterocycles. The normalized spacial score (nSPS) is 11.9. The van der Waals surface area contributed by atoms with Gasteiger partial charge in [-0.1, -0.05) is 61.7 Å². The molecule has 1 atom stereocenters. The van der Waals surface area contributed by atoms with E-state index < -0.39 is 11.9 Å². The van der Waals surface area contributed by atoms with Crippen LogP contribution in [0.1, 0.15) is 61.3 Å². The van der Waals surface area contributed by atoms with Crippen molar-refractivity contribution in [3.8, 4) is 0 Å². The van der Waals surface area contributed by atoms with Gasteiger partial charge in [0.15, 0.2) is 0 Å². The van der Waals surface area contributed by atoms with Gasteiger partial charge in [0.2, 0.25) is 0 Å². The number of unbranched alkanes of at least 4 members (excludes halogenated alkanes) is 4. The quantitative estimate of drug-likeness (QED) is 0.215. The molecular weight excluding hydrogens is 428 g/mol. The Bertz CT molecular complexity index is 795. The number of carboxylic acids is 2. The Labute approximate surface area is 193 Å². The van der Waals surface area contributed by atoms with Crippen LogP contribution in [0.3, 0.4) is 0 Å². The van der Waals surface area contributed by atoms with Crippen LogP contribution >= 0.6 is 23.5 Å². The van der Waals surface area contributed by atoms with Crippen LogP contribution < -0.4 is 0 Å². The van der Waals surface area contributed by atoms with E-state index in [0.717, 1.165) is 24.2 Å². The third-order valence-corrected chi connectivity index (χ3v) is 7.36. The van der Waals surface area contributed by atoms with E-state index in [4.69, 9.17) is 5.11 Å². The zero-order valence-electron chi connectivity index (χ0n) is 17.9. The van der Waals surface area contributed by atoms with Gasteiger partial charge in [-0.05, 0) is 48.3 Å². The lowest BCUT2D eigenvalue weighted by Gasteiger charge is -2.18. The third kappa shape index (κ3) is 10.8. The smallest absolute Gasteiger partial charge is 0.304 e. The van der Waals surface area contributed by atoms with Crippen LogP contribution in [0.2, 0.25) is 0 Å². The Morgan fingerprint density at radius 2 is 1.45 bits per heavy atom. The van der Waals surface area contributed by atoms with Crippen molar-refractivity contribution in [3.63, 3.8) is 0 Å². The number of aryl methyl sites for hydroxylation is 1. The summed E-state index contributed by atoms with van der Waals surface area (Å²) in [5.41, 5.74) is 2.23. The maximum Gasteiger partial charge on any atom is 0.304 e. The van der Waals surface area contributed by atoms with Crippen molar-refractivity contribution in [2.24, 2.45) is 0 Å². The molecule has 0 heterocycles. The van der Waals surface area contributed by atoms with Crippen molar-refractivity contribution in [2.45, 2.75) is 61.5 Å². The number of hydrogen-bond donors (Lipinski definition) is 2. The highest BCUT2D eigenvalue weighted by Gasteiger charge is 2.19. The number of carbonyl (C=O) groups is 2. The molecule has 6 heteroatoms. The molecule has 0 aliphatic rings. The SMILES string of the molecule is O=C(O)CCSC(CC(=O)O)c1ccccc1CCCCCCCSc1ccccc1. The van der Waals surface area contributed by atoms with Gasteiger partial charge in [0.05, 0.1) is 12.8 Å². The van der Waals surface area contributed by atoms with Gasteiger partial charge in [0, 0.05) is 15.9 Å². The van der Waals surface area contributed by atoms with Gasteiger partial charge in [-0.3, -0.25) is 9.59 Å². The highest BCUT2D eigenvalue weighted by molar-refractivity contribution is 7.99. The van der Waals surface area contributed by atoms with Crippen LogP contribution in [0, 0.1) is 0 Å². The zero-order valence-corrected chi connectivity index (χ0v) is 19.5. The molecule has 2 N–H and O–H groups in total. The molecule has 31 heavy (non-hydrogen) atoms. The first-order valence-corrected chi connectivity index (χ1v) is 12.9. The number of carboxylic acid groups (broad SMARTS) is 2. The molecule has 0 aliphatic carbocycles. The minimum Gasteiger partial charge on any atom is -0.481 e. The molecule has 0 fully saturated rings. The summed E-state index contributed by atoms with van der Waals surface area (Å²) < 4.78 is 0. The maximum absolute atomic E-state index is 11.3. The zero-order chi connectivity index (χ0) is 22.3. The summed E-state index contributed by atoms with van der Waals surface area (Å²) in [7, 11) is 0. The first kappa shape index (κ1) is 25.3. The molecule has 0 bridgehead atoms. The summed E-state index contributed by atoms with van der Waals surface area (Å²) in [6.45, 7) is 0. The molecule has 2 rings (SSSR count). The highest BCUT2D eigenvalue weighted by atomic mass is 32.2. The maximum atomic E-state index is 11.3. The van der Waals surface area contributed by atoms with Crippen LogP contribution in [0.5, 0.6) is 0 Å². The van der Waals surface area contributed by atoms with Gasteiger partial charge in [-0.2, -0.15) is 11.8 Å². The monoisotopic (exact) mass is 460 g/mol. The van der Waals surface area contributed by atoms with Crippen molar-refractivity contribution >= 4 is 35.5 Å². The summed E-state index contributed by atoms with van der Waals surface area (Å²) in [6.07, 6.45) is 6.91. The molecule has 168 valence electrons. The van der Waals surface area contributed by atoms with Crippen LogP contribution in [0.15, 0.2) is 59.5 Å². The van der Waals surface area contributed by atoms with Gasteiger partial charge in [0.1, 0.15) is 0 Å². The number of benzene rings is 2. The third-order valence-electron chi connectivity index (χ3n) is 5.00. The van der Waals surface area contributed by atoms with Gasteiger partial charge in [-0.25, -0.2) is 0 Å². The van der Waals surface area contributed by atoms with Gasteiger partial charge in [0.25, 0.3) is 0 Å². The van der Waals surface area contributed by atoms with Crippen molar-refractivity contribution in [2.75, 3.05) is 11.5 Å². The van der Waals surface area contributed by atoms with Crippen LogP contribution in [0.4, 0.5) is 0 Å². The van der Waals surface area contributed by atoms with Crippen LogP contribution in [-0.2, 0) is 16.0 Å². The Hall–Kier alpha value is -1.92. The molecule has 0 spiro atoms. The fraction of sp³-hybridized carbons (Fsp3) is 0.440. The molecule has 2 aromatic rings. The van der Waals surface area contributed by atoms with Crippen molar-refractivity contribution < 1.29 is 19.8 Å². The fourth-order valence-corrected chi connectivity index (χ4v) is 5.62. The lowest BCUT2D eigenvalue weighted by Crippen LogP contribution is -2.08. The van der Waals surface area contributed by atoms with Crippen molar-refractivity contribution in [1.82, 2.24) is 0 Å². The molecule has 4 nitrogen and oxygen atoms in total. The molecular formula is C25H32O4S2. The first-order valence-electron chi connectivity index (χ1n) is 10.9. The summed E-state index contributed by atoms with van der Waals surface area (Å²) in [4.78, 5) is 23.5. The number of rotatable bonds is 16. The fourth-order valence-electron chi connectivity index (χ4n) is 3.44. The summed E-state index contributed by atoms with van der Waals surface area (Å²) in [6, 6.07) is 18.5. The molecule has 0 aliphatic heterocycles. The van der Waals surface area contributed by atoms with E-state index in [1.165, 1.54) is 47.9 Å². The van der Waals surface area contributed by atoms with E-state index in [2.05, 4.69) is 30.3 Å². The highest BCUT2D eigenvalue weighted by Crippen LogP contribution is 2.35. The molecule has 0 amide bonds. The van der Waals surface area contributed by atoms with Gasteiger partial charge >= 0.3 is 11.9 Å². The molecule has 1 unspecified atom stereocenters. The average Bonchev–Trinajstić information content (AvgIpc) is 2.75. The second-order valence-electron chi connectivity index (χ2n) is 7.48. The van der Waals surface area contributed by atoms with Gasteiger partial charge in [-0.15, -0.1) is 11.8 Å². The molecule has 0 radical (unpaired) electrons. The van der Waals surface area contributed by atoms with E-state index in [9.17, 15) is 14.7 Å². The second kappa shape index (κ2) is 15.0. The number of aliphatic carboxylic acids is 2. The minimum atomic E-state index is -0.851. The summed E-state index contributed by atoms with van der Waals surface area (Å²) >= 11 is 3.34. The Morgan fingerprint density at radius 3 is 2.19 bits per heavy atom. The number of thioether (sulfide) groups is 2. The van der Waals surface area contributed by atoms with Crippen molar-refractivity contribution in [3.05, 3.63) is 65.7 Å². The Kier molecular flexibility index (Phi) is 12.2. The lowest BCUT2D eigenvalue weighted by atomic mass is 9.97. The standard InChI is InChI=1S/C25H32O4S2/c26-24(27)16-18-31-23(19-25(28)29)22-15-9-8-12-20(22)11-5-2-1-3-10-17-30-21-13-6-4-7-14-21/h4,6-9,12-15,23H,1-3,5,10-11,16-19H2,(H,26,27)(H,28,29). The van der Waals surface area contributed by atoms with E-state index in [1.54, 1.807) is 0 Å². The van der Waals surface area contributed by atoms with Crippen LogP contribution in [0.25, 0.3) is 0 Å². The van der Waals surface area contributed by atoms with Crippen LogP contribution in [-0.4, -0.2) is 33.7 Å². The van der Waals surface area contributed by atoms with E-state index >= 15 is 0 Å². The largest absolute Gasteiger partial charge is 0.481 e. The Balaban J connectivity index is 1.74. The van der Waals surface area contributed by atoms with E-state index in [0.29, 0.717) is 5.75 Å². The first-order chi connectivity index (χ1) is 15.1.